The molecule has 2 N–H and O–H groups in total. The number of carbonyl (C=O) groups is 1. The van der Waals surface area contributed by atoms with E-state index in [1.807, 2.05) is 19.2 Å². The lowest BCUT2D eigenvalue weighted by Crippen LogP contribution is -2.56. The van der Waals surface area contributed by atoms with Crippen LogP contribution in [-0.4, -0.2) is 55.1 Å². The lowest BCUT2D eigenvalue weighted by molar-refractivity contribution is -0.132. The van der Waals surface area contributed by atoms with Gasteiger partial charge in [0.2, 0.25) is 5.91 Å². The first-order valence-corrected chi connectivity index (χ1v) is 6.35. The highest BCUT2D eigenvalue weighted by Crippen LogP contribution is 2.01. The van der Waals surface area contributed by atoms with Crippen LogP contribution in [0.1, 0.15) is 5.56 Å². The van der Waals surface area contributed by atoms with Gasteiger partial charge < -0.3 is 15.5 Å². The minimum Gasteiger partial charge on any atom is -0.344 e. The first-order chi connectivity index (χ1) is 8.77. The summed E-state index contributed by atoms with van der Waals surface area (Å²) in [5.41, 5.74) is 1.21. The maximum atomic E-state index is 12.1. The molecule has 1 atom stereocenters. The van der Waals surface area contributed by atoms with Crippen molar-refractivity contribution in [1.29, 1.82) is 0 Å². The number of hydrogen-bond donors (Lipinski definition) is 2. The van der Waals surface area contributed by atoms with Gasteiger partial charge in [0.25, 0.3) is 0 Å². The van der Waals surface area contributed by atoms with E-state index in [9.17, 15) is 4.79 Å². The molecule has 0 aromatic carbocycles. The van der Waals surface area contributed by atoms with Crippen LogP contribution in [0.25, 0.3) is 0 Å². The Morgan fingerprint density at radius 1 is 1.44 bits per heavy atom. The molecular weight excluding hydrogens is 228 g/mol. The van der Waals surface area contributed by atoms with Gasteiger partial charge >= 0.3 is 0 Å². The molecule has 1 fully saturated rings. The van der Waals surface area contributed by atoms with Crippen molar-refractivity contribution in [1.82, 2.24) is 20.5 Å². The molecule has 1 saturated heterocycles. The molecule has 1 unspecified atom stereocenters. The highest BCUT2D eigenvalue weighted by molar-refractivity contribution is 5.82. The van der Waals surface area contributed by atoms with E-state index in [2.05, 4.69) is 15.6 Å². The normalized spacial score (nSPS) is 19.5. The zero-order chi connectivity index (χ0) is 12.8. The Morgan fingerprint density at radius 2 is 2.22 bits per heavy atom. The summed E-state index contributed by atoms with van der Waals surface area (Å²) in [6.07, 6.45) is 4.43. The van der Waals surface area contributed by atoms with E-state index in [4.69, 9.17) is 0 Å². The van der Waals surface area contributed by atoms with Crippen molar-refractivity contribution in [3.8, 4) is 0 Å². The number of carbonyl (C=O) groups excluding carboxylic acids is 1. The van der Waals surface area contributed by atoms with Crippen LogP contribution in [-0.2, 0) is 11.2 Å². The average molecular weight is 248 g/mol. The maximum Gasteiger partial charge on any atom is 0.240 e. The summed E-state index contributed by atoms with van der Waals surface area (Å²) in [6.45, 7) is 3.25. The van der Waals surface area contributed by atoms with Gasteiger partial charge in [-0.3, -0.25) is 9.78 Å². The number of nitrogens with zero attached hydrogens (tertiary/aromatic N) is 2. The first-order valence-electron chi connectivity index (χ1n) is 6.35. The zero-order valence-electron chi connectivity index (χ0n) is 10.7. The lowest BCUT2D eigenvalue weighted by Gasteiger charge is -2.28. The Hall–Kier alpha value is -1.46. The number of hydrogen-bond acceptors (Lipinski definition) is 4. The molecule has 5 heteroatoms. The Bertz CT molecular complexity index is 376. The quantitative estimate of drug-likeness (QED) is 0.764. The second kappa shape index (κ2) is 6.47. The number of nitrogens with one attached hydrogen (secondary N) is 2. The summed E-state index contributed by atoms with van der Waals surface area (Å²) >= 11 is 0. The Morgan fingerprint density at radius 3 is 2.89 bits per heavy atom. The molecule has 0 aliphatic carbocycles. The van der Waals surface area contributed by atoms with Crippen molar-refractivity contribution in [3.63, 3.8) is 0 Å². The number of piperazine rings is 1. The SMILES string of the molecule is CN(CCc1ccncc1)C(=O)C1CNCCN1. The van der Waals surface area contributed by atoms with Crippen LogP contribution >= 0.6 is 0 Å². The highest BCUT2D eigenvalue weighted by Gasteiger charge is 2.22. The van der Waals surface area contributed by atoms with Gasteiger partial charge in [-0.25, -0.2) is 0 Å². The van der Waals surface area contributed by atoms with Gasteiger partial charge in [-0.15, -0.1) is 0 Å². The molecule has 98 valence electrons. The number of amides is 1. The van der Waals surface area contributed by atoms with E-state index < -0.39 is 0 Å². The van der Waals surface area contributed by atoms with Crippen LogP contribution < -0.4 is 10.6 Å². The fourth-order valence-electron chi connectivity index (χ4n) is 2.05. The van der Waals surface area contributed by atoms with Gasteiger partial charge in [0.15, 0.2) is 0 Å². The predicted molar refractivity (Wildman–Crippen MR) is 70.2 cm³/mol. The number of likely N-dealkylation sites (N-methyl/N-ethyl adjacent to an activating group) is 1. The molecule has 1 aliphatic heterocycles. The number of rotatable bonds is 4. The monoisotopic (exact) mass is 248 g/mol. The van der Waals surface area contributed by atoms with Crippen LogP contribution in [0.15, 0.2) is 24.5 Å². The second-order valence-corrected chi connectivity index (χ2v) is 4.58. The van der Waals surface area contributed by atoms with Crippen molar-refractivity contribution in [2.45, 2.75) is 12.5 Å². The van der Waals surface area contributed by atoms with Gasteiger partial charge in [-0.1, -0.05) is 0 Å². The minimum absolute atomic E-state index is 0.0822. The smallest absolute Gasteiger partial charge is 0.240 e. The van der Waals surface area contributed by atoms with Gasteiger partial charge in [-0.05, 0) is 24.1 Å². The maximum absolute atomic E-state index is 12.1. The van der Waals surface area contributed by atoms with Crippen LogP contribution in [0.3, 0.4) is 0 Å². The molecular formula is C13H20N4O. The molecule has 0 saturated carbocycles. The summed E-state index contributed by atoms with van der Waals surface area (Å²) in [6, 6.07) is 3.89. The summed E-state index contributed by atoms with van der Waals surface area (Å²) in [5, 5.41) is 6.46. The standard InChI is InChI=1S/C13H20N4O/c1-17(9-4-11-2-5-14-6-3-11)13(18)12-10-15-7-8-16-12/h2-3,5-6,12,15-16H,4,7-10H2,1H3. The minimum atomic E-state index is -0.0822. The van der Waals surface area contributed by atoms with Crippen molar-refractivity contribution in [3.05, 3.63) is 30.1 Å². The summed E-state index contributed by atoms with van der Waals surface area (Å²) in [5.74, 6) is 0.163. The number of pyridine rings is 1. The van der Waals surface area contributed by atoms with E-state index in [1.165, 1.54) is 5.56 Å². The van der Waals surface area contributed by atoms with E-state index in [0.29, 0.717) is 0 Å². The van der Waals surface area contributed by atoms with Gasteiger partial charge in [0.05, 0.1) is 6.04 Å². The molecule has 5 nitrogen and oxygen atoms in total. The average Bonchev–Trinajstić information content (AvgIpc) is 2.46. The van der Waals surface area contributed by atoms with Crippen molar-refractivity contribution in [2.24, 2.45) is 0 Å². The van der Waals surface area contributed by atoms with Crippen LogP contribution in [0.4, 0.5) is 0 Å². The molecule has 0 bridgehead atoms. The summed E-state index contributed by atoms with van der Waals surface area (Å²) in [7, 11) is 1.86. The Balaban J connectivity index is 1.80. The molecule has 1 amide bonds. The fourth-order valence-corrected chi connectivity index (χ4v) is 2.05. The van der Waals surface area contributed by atoms with Crippen LogP contribution in [0, 0.1) is 0 Å². The zero-order valence-corrected chi connectivity index (χ0v) is 10.7. The molecule has 0 spiro atoms. The predicted octanol–water partition coefficient (Wildman–Crippen LogP) is -0.356. The molecule has 18 heavy (non-hydrogen) atoms. The molecule has 2 rings (SSSR count). The third kappa shape index (κ3) is 3.51. The third-order valence-electron chi connectivity index (χ3n) is 3.20. The summed E-state index contributed by atoms with van der Waals surface area (Å²) < 4.78 is 0. The first kappa shape index (κ1) is 13.0. The molecule has 2 heterocycles. The summed E-state index contributed by atoms with van der Waals surface area (Å²) in [4.78, 5) is 17.9. The Kier molecular flexibility index (Phi) is 4.66. The second-order valence-electron chi connectivity index (χ2n) is 4.58. The highest BCUT2D eigenvalue weighted by atomic mass is 16.2. The van der Waals surface area contributed by atoms with Gasteiger partial charge in [0.1, 0.15) is 0 Å². The fraction of sp³-hybridized carbons (Fsp3) is 0.538. The van der Waals surface area contributed by atoms with E-state index in [0.717, 1.165) is 32.6 Å². The lowest BCUT2D eigenvalue weighted by atomic mass is 10.1. The van der Waals surface area contributed by atoms with E-state index in [-0.39, 0.29) is 11.9 Å². The largest absolute Gasteiger partial charge is 0.344 e. The van der Waals surface area contributed by atoms with E-state index >= 15 is 0 Å². The third-order valence-corrected chi connectivity index (χ3v) is 3.20. The van der Waals surface area contributed by atoms with E-state index in [1.54, 1.807) is 17.3 Å². The van der Waals surface area contributed by atoms with Gasteiger partial charge in [-0.2, -0.15) is 0 Å². The topological polar surface area (TPSA) is 57.3 Å². The Labute approximate surface area is 108 Å². The number of aromatic nitrogens is 1. The molecule has 1 aliphatic rings. The molecule has 0 radical (unpaired) electrons. The van der Waals surface area contributed by atoms with Crippen molar-refractivity contribution >= 4 is 5.91 Å². The van der Waals surface area contributed by atoms with Gasteiger partial charge in [0, 0.05) is 45.6 Å². The van der Waals surface area contributed by atoms with Crippen molar-refractivity contribution in [2.75, 3.05) is 33.2 Å². The van der Waals surface area contributed by atoms with Crippen molar-refractivity contribution < 1.29 is 4.79 Å². The van der Waals surface area contributed by atoms with Crippen LogP contribution in [0.5, 0.6) is 0 Å². The van der Waals surface area contributed by atoms with Crippen LogP contribution in [0.2, 0.25) is 0 Å². The molecule has 1 aromatic heterocycles. The molecule has 1 aromatic rings.